The Balaban J connectivity index is 1.47. The molecule has 1 atom stereocenters. The molecule has 0 spiro atoms. The number of anilines is 2. The average molecular weight is 380 g/mol. The number of benzene rings is 1. The molecule has 1 saturated heterocycles. The van der Waals surface area contributed by atoms with Crippen LogP contribution in [0.25, 0.3) is 11.0 Å². The number of nitrogens with zero attached hydrogens (tertiary/aromatic N) is 4. The number of fused-ring (bicyclic) bond motifs is 1. The van der Waals surface area contributed by atoms with Crippen LogP contribution in [0.4, 0.5) is 16.3 Å². The fraction of sp³-hybridized carbons (Fsp3) is 0.350. The minimum absolute atomic E-state index is 0.0450. The smallest absolute Gasteiger partial charge is 0.322 e. The third kappa shape index (κ3) is 3.33. The predicted molar refractivity (Wildman–Crippen MR) is 109 cm³/mol. The second-order valence-corrected chi connectivity index (χ2v) is 7.04. The van der Waals surface area contributed by atoms with Crippen molar-refractivity contribution >= 4 is 28.6 Å². The van der Waals surface area contributed by atoms with E-state index in [2.05, 4.69) is 32.1 Å². The molecule has 0 bridgehead atoms. The van der Waals surface area contributed by atoms with Crippen LogP contribution in [-0.4, -0.2) is 58.7 Å². The van der Waals surface area contributed by atoms with Gasteiger partial charge in [-0.2, -0.15) is 0 Å². The van der Waals surface area contributed by atoms with Crippen LogP contribution in [0.1, 0.15) is 12.5 Å². The largest absolute Gasteiger partial charge is 0.497 e. The molecule has 1 aromatic carbocycles. The Kier molecular flexibility index (Phi) is 4.77. The van der Waals surface area contributed by atoms with E-state index in [9.17, 15) is 4.79 Å². The zero-order valence-electron chi connectivity index (χ0n) is 16.3. The van der Waals surface area contributed by atoms with Gasteiger partial charge in [0.05, 0.1) is 12.5 Å². The number of H-pyrrole nitrogens is 1. The van der Waals surface area contributed by atoms with Gasteiger partial charge in [-0.15, -0.1) is 0 Å². The van der Waals surface area contributed by atoms with Gasteiger partial charge in [0.25, 0.3) is 0 Å². The molecule has 8 nitrogen and oxygen atoms in total. The van der Waals surface area contributed by atoms with Crippen molar-refractivity contribution in [3.8, 4) is 5.75 Å². The van der Waals surface area contributed by atoms with Crippen LogP contribution in [0.2, 0.25) is 0 Å². The summed E-state index contributed by atoms with van der Waals surface area (Å²) in [6.07, 6.45) is 3.53. The molecule has 4 rings (SSSR count). The number of aryl methyl sites for hydroxylation is 1. The van der Waals surface area contributed by atoms with Crippen molar-refractivity contribution in [2.45, 2.75) is 19.9 Å². The van der Waals surface area contributed by atoms with Gasteiger partial charge in [-0.3, -0.25) is 0 Å². The van der Waals surface area contributed by atoms with Crippen molar-refractivity contribution in [1.82, 2.24) is 19.9 Å². The maximum absolute atomic E-state index is 12.8. The van der Waals surface area contributed by atoms with Gasteiger partial charge in [-0.25, -0.2) is 14.8 Å². The Bertz CT molecular complexity index is 1000. The third-order valence-corrected chi connectivity index (χ3v) is 5.16. The minimum atomic E-state index is -0.105. The third-order valence-electron chi connectivity index (χ3n) is 5.16. The second kappa shape index (κ2) is 7.38. The molecule has 2 amide bonds. The number of aromatic amines is 1. The fourth-order valence-electron chi connectivity index (χ4n) is 3.69. The summed E-state index contributed by atoms with van der Waals surface area (Å²) in [6.45, 7) is 6.15. The highest BCUT2D eigenvalue weighted by atomic mass is 16.5. The Labute approximate surface area is 163 Å². The number of carbonyl (C=O) groups is 1. The SMILES string of the molecule is COc1cccc(NC(=O)N2CCN(c3ncnc4[nH]cc(C)c34)C[C@@H]2C)c1. The van der Waals surface area contributed by atoms with Gasteiger partial charge in [0, 0.05) is 43.6 Å². The van der Waals surface area contributed by atoms with E-state index < -0.39 is 0 Å². The number of amides is 2. The molecule has 1 aliphatic heterocycles. The van der Waals surface area contributed by atoms with Crippen LogP contribution < -0.4 is 15.0 Å². The fourth-order valence-corrected chi connectivity index (χ4v) is 3.69. The first-order valence-electron chi connectivity index (χ1n) is 9.32. The molecule has 0 saturated carbocycles. The lowest BCUT2D eigenvalue weighted by molar-refractivity contribution is 0.184. The number of hydrogen-bond donors (Lipinski definition) is 2. The summed E-state index contributed by atoms with van der Waals surface area (Å²) in [5, 5.41) is 4.01. The van der Waals surface area contributed by atoms with Crippen molar-refractivity contribution in [2.24, 2.45) is 0 Å². The number of hydrogen-bond acceptors (Lipinski definition) is 5. The Hall–Kier alpha value is -3.29. The number of rotatable bonds is 3. The summed E-state index contributed by atoms with van der Waals surface area (Å²) in [7, 11) is 1.61. The van der Waals surface area contributed by atoms with Gasteiger partial charge in [-0.05, 0) is 31.5 Å². The van der Waals surface area contributed by atoms with Crippen LogP contribution in [-0.2, 0) is 0 Å². The molecule has 2 aromatic heterocycles. The lowest BCUT2D eigenvalue weighted by Gasteiger charge is -2.40. The number of nitrogens with one attached hydrogen (secondary N) is 2. The summed E-state index contributed by atoms with van der Waals surface area (Å²) < 4.78 is 5.22. The van der Waals surface area contributed by atoms with E-state index in [1.165, 1.54) is 0 Å². The number of urea groups is 1. The minimum Gasteiger partial charge on any atom is -0.497 e. The molecule has 0 unspecified atom stereocenters. The summed E-state index contributed by atoms with van der Waals surface area (Å²) >= 11 is 0. The highest BCUT2D eigenvalue weighted by Gasteiger charge is 2.29. The first-order chi connectivity index (χ1) is 13.6. The van der Waals surface area contributed by atoms with E-state index in [0.29, 0.717) is 25.4 Å². The van der Waals surface area contributed by atoms with Gasteiger partial charge in [0.15, 0.2) is 0 Å². The van der Waals surface area contributed by atoms with Crippen molar-refractivity contribution in [1.29, 1.82) is 0 Å². The molecule has 146 valence electrons. The average Bonchev–Trinajstić information content (AvgIpc) is 3.09. The lowest BCUT2D eigenvalue weighted by Crippen LogP contribution is -2.55. The zero-order chi connectivity index (χ0) is 19.7. The topological polar surface area (TPSA) is 86.4 Å². The summed E-state index contributed by atoms with van der Waals surface area (Å²) in [4.78, 5) is 28.9. The van der Waals surface area contributed by atoms with Crippen LogP contribution in [0.5, 0.6) is 5.75 Å². The van der Waals surface area contributed by atoms with Gasteiger partial charge in [0.2, 0.25) is 0 Å². The zero-order valence-corrected chi connectivity index (χ0v) is 16.3. The highest BCUT2D eigenvalue weighted by molar-refractivity contribution is 5.92. The summed E-state index contributed by atoms with van der Waals surface area (Å²) in [6, 6.07) is 7.31. The number of ether oxygens (including phenoxy) is 1. The molecule has 0 radical (unpaired) electrons. The number of carbonyl (C=O) groups excluding carboxylic acids is 1. The van der Waals surface area contributed by atoms with Gasteiger partial charge >= 0.3 is 6.03 Å². The van der Waals surface area contributed by atoms with Crippen LogP contribution >= 0.6 is 0 Å². The van der Waals surface area contributed by atoms with Gasteiger partial charge in [-0.1, -0.05) is 6.07 Å². The quantitative estimate of drug-likeness (QED) is 0.729. The first-order valence-corrected chi connectivity index (χ1v) is 9.32. The molecule has 1 fully saturated rings. The van der Waals surface area contributed by atoms with E-state index in [1.54, 1.807) is 13.4 Å². The Morgan fingerprint density at radius 2 is 2.18 bits per heavy atom. The molecule has 28 heavy (non-hydrogen) atoms. The second-order valence-electron chi connectivity index (χ2n) is 7.04. The maximum atomic E-state index is 12.8. The summed E-state index contributed by atoms with van der Waals surface area (Å²) in [5.74, 6) is 1.63. The molecule has 1 aliphatic rings. The van der Waals surface area contributed by atoms with E-state index >= 15 is 0 Å². The Morgan fingerprint density at radius 1 is 1.32 bits per heavy atom. The molecular weight excluding hydrogens is 356 g/mol. The van der Waals surface area contributed by atoms with E-state index in [-0.39, 0.29) is 12.1 Å². The predicted octanol–water partition coefficient (Wildman–Crippen LogP) is 3.02. The van der Waals surface area contributed by atoms with Gasteiger partial charge < -0.3 is 24.8 Å². The molecule has 0 aliphatic carbocycles. The number of methoxy groups -OCH3 is 1. The number of piperazine rings is 1. The molecule has 2 N–H and O–H groups in total. The monoisotopic (exact) mass is 380 g/mol. The van der Waals surface area contributed by atoms with Crippen LogP contribution in [0.3, 0.4) is 0 Å². The normalized spacial score (nSPS) is 17.0. The van der Waals surface area contributed by atoms with Crippen molar-refractivity contribution < 1.29 is 9.53 Å². The number of aromatic nitrogens is 3. The lowest BCUT2D eigenvalue weighted by atomic mass is 10.1. The van der Waals surface area contributed by atoms with Crippen LogP contribution in [0, 0.1) is 6.92 Å². The molecular formula is C20H24N6O2. The van der Waals surface area contributed by atoms with E-state index in [4.69, 9.17) is 4.74 Å². The van der Waals surface area contributed by atoms with Crippen LogP contribution in [0.15, 0.2) is 36.8 Å². The van der Waals surface area contributed by atoms with Crippen molar-refractivity contribution in [3.63, 3.8) is 0 Å². The maximum Gasteiger partial charge on any atom is 0.322 e. The van der Waals surface area contributed by atoms with Crippen molar-refractivity contribution in [2.75, 3.05) is 37.0 Å². The van der Waals surface area contributed by atoms with Gasteiger partial charge in [0.1, 0.15) is 23.5 Å². The first kappa shape index (κ1) is 18.1. The standard InChI is InChI=1S/C20H24N6O2/c1-13-10-21-18-17(13)19(23-12-22-18)25-7-8-26(14(2)11-25)20(27)24-15-5-4-6-16(9-15)28-3/h4-6,9-10,12,14H,7-8,11H2,1-3H3,(H,24,27)(H,21,22,23)/t14-/m0/s1. The molecule has 3 heterocycles. The van der Waals surface area contributed by atoms with Crippen molar-refractivity contribution in [3.05, 3.63) is 42.4 Å². The molecule has 3 aromatic rings. The summed E-state index contributed by atoms with van der Waals surface area (Å²) in [5.41, 5.74) is 2.68. The molecule has 8 heteroatoms. The Morgan fingerprint density at radius 3 is 2.96 bits per heavy atom. The van der Waals surface area contributed by atoms with E-state index in [0.717, 1.165) is 28.1 Å². The highest BCUT2D eigenvalue weighted by Crippen LogP contribution is 2.28. The van der Waals surface area contributed by atoms with E-state index in [1.807, 2.05) is 42.3 Å².